The van der Waals surface area contributed by atoms with E-state index in [1.165, 1.54) is 23.4 Å². The number of hydrogen-bond donors (Lipinski definition) is 2. The van der Waals surface area contributed by atoms with Crippen molar-refractivity contribution in [2.24, 2.45) is 0 Å². The van der Waals surface area contributed by atoms with Crippen molar-refractivity contribution >= 4 is 27.5 Å². The minimum atomic E-state index is -3.63. The molecular weight excluding hydrogens is 418 g/mol. The molecule has 2 aromatic rings. The first-order chi connectivity index (χ1) is 14.8. The summed E-state index contributed by atoms with van der Waals surface area (Å²) in [6, 6.07) is 13.4. The number of para-hydroxylation sites is 1. The van der Waals surface area contributed by atoms with Gasteiger partial charge in [-0.3, -0.25) is 9.59 Å². The van der Waals surface area contributed by atoms with Crippen LogP contribution in [0.15, 0.2) is 53.4 Å². The van der Waals surface area contributed by atoms with Gasteiger partial charge in [0, 0.05) is 37.3 Å². The lowest BCUT2D eigenvalue weighted by molar-refractivity contribution is -0.121. The molecule has 0 unspecified atom stereocenters. The van der Waals surface area contributed by atoms with Crippen LogP contribution in [-0.2, 0) is 26.0 Å². The molecule has 166 valence electrons. The molecule has 1 aliphatic heterocycles. The summed E-state index contributed by atoms with van der Waals surface area (Å²) >= 11 is 0. The number of rotatable bonds is 7. The molecule has 0 aliphatic carbocycles. The quantitative estimate of drug-likeness (QED) is 0.680. The van der Waals surface area contributed by atoms with Gasteiger partial charge in [0.15, 0.2) is 0 Å². The Hall–Kier alpha value is -2.91. The molecular formula is C22H27N3O5S. The van der Waals surface area contributed by atoms with E-state index in [1.807, 2.05) is 24.3 Å². The molecule has 2 N–H and O–H groups in total. The second-order valence-electron chi connectivity index (χ2n) is 7.44. The first-order valence-corrected chi connectivity index (χ1v) is 11.5. The zero-order chi connectivity index (χ0) is 22.4. The maximum absolute atomic E-state index is 12.9. The van der Waals surface area contributed by atoms with Gasteiger partial charge in [-0.15, -0.1) is 0 Å². The Morgan fingerprint density at radius 2 is 1.71 bits per heavy atom. The molecule has 9 heteroatoms. The molecule has 2 amide bonds. The lowest BCUT2D eigenvalue weighted by Crippen LogP contribution is -2.46. The van der Waals surface area contributed by atoms with Crippen molar-refractivity contribution in [3.8, 4) is 5.75 Å². The van der Waals surface area contributed by atoms with Crippen molar-refractivity contribution in [3.63, 3.8) is 0 Å². The van der Waals surface area contributed by atoms with Crippen LogP contribution in [-0.4, -0.2) is 50.8 Å². The van der Waals surface area contributed by atoms with E-state index >= 15 is 0 Å². The third-order valence-corrected chi connectivity index (χ3v) is 7.09. The number of nitrogens with one attached hydrogen (secondary N) is 2. The van der Waals surface area contributed by atoms with Gasteiger partial charge in [0.2, 0.25) is 21.8 Å². The second-order valence-corrected chi connectivity index (χ2v) is 9.38. The van der Waals surface area contributed by atoms with Crippen LogP contribution >= 0.6 is 0 Å². The van der Waals surface area contributed by atoms with Crippen molar-refractivity contribution < 1.29 is 22.7 Å². The lowest BCUT2D eigenvalue weighted by Gasteiger charge is -2.31. The fourth-order valence-electron chi connectivity index (χ4n) is 3.60. The SMILES string of the molecule is COc1ccccc1CC(=O)NC1CCN(S(=O)(=O)c2ccc(NC(C)=O)cc2)CC1. The molecule has 2 aromatic carbocycles. The molecule has 0 spiro atoms. The highest BCUT2D eigenvalue weighted by Gasteiger charge is 2.30. The minimum absolute atomic E-state index is 0.0733. The van der Waals surface area contributed by atoms with E-state index < -0.39 is 10.0 Å². The number of anilines is 1. The van der Waals surface area contributed by atoms with Gasteiger partial charge in [-0.2, -0.15) is 4.31 Å². The van der Waals surface area contributed by atoms with Crippen LogP contribution < -0.4 is 15.4 Å². The first-order valence-electron chi connectivity index (χ1n) is 10.1. The monoisotopic (exact) mass is 445 g/mol. The van der Waals surface area contributed by atoms with Gasteiger partial charge in [0.25, 0.3) is 0 Å². The predicted octanol–water partition coefficient (Wildman–Crippen LogP) is 2.17. The number of amides is 2. The Morgan fingerprint density at radius 1 is 1.06 bits per heavy atom. The normalized spacial score (nSPS) is 15.3. The number of benzene rings is 2. The fourth-order valence-corrected chi connectivity index (χ4v) is 5.07. The third kappa shape index (κ3) is 5.83. The topological polar surface area (TPSA) is 105 Å². The summed E-state index contributed by atoms with van der Waals surface area (Å²) in [4.78, 5) is 23.7. The molecule has 3 rings (SSSR count). The molecule has 0 radical (unpaired) electrons. The Morgan fingerprint density at radius 3 is 2.32 bits per heavy atom. The predicted molar refractivity (Wildman–Crippen MR) is 117 cm³/mol. The number of carbonyl (C=O) groups excluding carboxylic acids is 2. The number of nitrogens with zero attached hydrogens (tertiary/aromatic N) is 1. The van der Waals surface area contributed by atoms with Crippen LogP contribution in [0.2, 0.25) is 0 Å². The standard InChI is InChI=1S/C22H27N3O5S/c1-16(26)23-18-7-9-20(10-8-18)31(28,29)25-13-11-19(12-14-25)24-22(27)15-17-5-3-4-6-21(17)30-2/h3-10,19H,11-15H2,1-2H3,(H,23,26)(H,24,27). The Bertz CT molecular complexity index is 1030. The Balaban J connectivity index is 1.54. The number of carbonyl (C=O) groups is 2. The number of hydrogen-bond acceptors (Lipinski definition) is 5. The summed E-state index contributed by atoms with van der Waals surface area (Å²) in [5.41, 5.74) is 1.35. The van der Waals surface area contributed by atoms with Crippen molar-refractivity contribution in [1.29, 1.82) is 0 Å². The molecule has 8 nitrogen and oxygen atoms in total. The van der Waals surface area contributed by atoms with Gasteiger partial charge in [-0.05, 0) is 43.2 Å². The molecule has 1 heterocycles. The zero-order valence-corrected chi connectivity index (χ0v) is 18.4. The number of piperidine rings is 1. The third-order valence-electron chi connectivity index (χ3n) is 5.18. The van der Waals surface area contributed by atoms with E-state index in [2.05, 4.69) is 10.6 Å². The maximum Gasteiger partial charge on any atom is 0.243 e. The van der Waals surface area contributed by atoms with Crippen molar-refractivity contribution in [3.05, 3.63) is 54.1 Å². The van der Waals surface area contributed by atoms with E-state index in [0.717, 1.165) is 5.56 Å². The summed E-state index contributed by atoms with van der Waals surface area (Å²) in [7, 11) is -2.06. The molecule has 0 atom stereocenters. The largest absolute Gasteiger partial charge is 0.496 e. The van der Waals surface area contributed by atoms with Crippen LogP contribution in [0.5, 0.6) is 5.75 Å². The molecule has 1 saturated heterocycles. The maximum atomic E-state index is 12.9. The van der Waals surface area contributed by atoms with Gasteiger partial charge < -0.3 is 15.4 Å². The summed E-state index contributed by atoms with van der Waals surface area (Å²) in [6.07, 6.45) is 1.30. The number of sulfonamides is 1. The van der Waals surface area contributed by atoms with E-state index in [1.54, 1.807) is 19.2 Å². The highest BCUT2D eigenvalue weighted by molar-refractivity contribution is 7.89. The Kier molecular flexibility index (Phi) is 7.29. The van der Waals surface area contributed by atoms with E-state index in [0.29, 0.717) is 37.4 Å². The van der Waals surface area contributed by atoms with Crippen LogP contribution in [0, 0.1) is 0 Å². The summed E-state index contributed by atoms with van der Waals surface area (Å²) in [5, 5.41) is 5.62. The van der Waals surface area contributed by atoms with Gasteiger partial charge >= 0.3 is 0 Å². The molecule has 0 aromatic heterocycles. The van der Waals surface area contributed by atoms with E-state index in [-0.39, 0.29) is 29.2 Å². The van der Waals surface area contributed by atoms with Crippen molar-refractivity contribution in [2.45, 2.75) is 37.1 Å². The lowest BCUT2D eigenvalue weighted by atomic mass is 10.1. The smallest absolute Gasteiger partial charge is 0.243 e. The molecule has 31 heavy (non-hydrogen) atoms. The van der Waals surface area contributed by atoms with E-state index in [9.17, 15) is 18.0 Å². The van der Waals surface area contributed by atoms with Crippen LogP contribution in [0.25, 0.3) is 0 Å². The average Bonchev–Trinajstić information content (AvgIpc) is 2.74. The molecule has 0 saturated carbocycles. The van der Waals surface area contributed by atoms with Crippen LogP contribution in [0.1, 0.15) is 25.3 Å². The van der Waals surface area contributed by atoms with Gasteiger partial charge in [0.1, 0.15) is 5.75 Å². The minimum Gasteiger partial charge on any atom is -0.496 e. The molecule has 1 aliphatic rings. The second kappa shape index (κ2) is 9.93. The summed E-state index contributed by atoms with van der Waals surface area (Å²) in [6.45, 7) is 2.05. The van der Waals surface area contributed by atoms with Crippen LogP contribution in [0.3, 0.4) is 0 Å². The van der Waals surface area contributed by atoms with Crippen molar-refractivity contribution in [2.75, 3.05) is 25.5 Å². The van der Waals surface area contributed by atoms with E-state index in [4.69, 9.17) is 4.74 Å². The molecule has 0 bridgehead atoms. The van der Waals surface area contributed by atoms with Crippen LogP contribution in [0.4, 0.5) is 5.69 Å². The highest BCUT2D eigenvalue weighted by atomic mass is 32.2. The summed E-state index contributed by atoms with van der Waals surface area (Å²) in [5.74, 6) is 0.341. The zero-order valence-electron chi connectivity index (χ0n) is 17.6. The first kappa shape index (κ1) is 22.8. The van der Waals surface area contributed by atoms with Crippen molar-refractivity contribution in [1.82, 2.24) is 9.62 Å². The van der Waals surface area contributed by atoms with Gasteiger partial charge in [-0.25, -0.2) is 8.42 Å². The fraction of sp³-hybridized carbons (Fsp3) is 0.364. The van der Waals surface area contributed by atoms with Gasteiger partial charge in [0.05, 0.1) is 18.4 Å². The van der Waals surface area contributed by atoms with Gasteiger partial charge in [-0.1, -0.05) is 18.2 Å². The Labute approximate surface area is 182 Å². The number of methoxy groups -OCH3 is 1. The summed E-state index contributed by atoms with van der Waals surface area (Å²) < 4.78 is 32.5. The number of ether oxygens (including phenoxy) is 1. The highest BCUT2D eigenvalue weighted by Crippen LogP contribution is 2.23. The molecule has 1 fully saturated rings. The average molecular weight is 446 g/mol.